The molecule has 1 aromatic heterocycles. The Balaban J connectivity index is 3.05. The molecular formula is C5H3ClIN2O2-. The van der Waals surface area contributed by atoms with E-state index in [-0.39, 0.29) is 5.69 Å². The van der Waals surface area contributed by atoms with Crippen LogP contribution in [0.5, 0.6) is 0 Å². The molecule has 0 amide bonds. The van der Waals surface area contributed by atoms with Gasteiger partial charge in [-0.2, -0.15) is 0 Å². The van der Waals surface area contributed by atoms with E-state index >= 15 is 0 Å². The summed E-state index contributed by atoms with van der Waals surface area (Å²) in [6, 6.07) is 1.41. The summed E-state index contributed by atoms with van der Waals surface area (Å²) in [5.74, 6) is 0. The minimum atomic E-state index is -1.24. The molecule has 1 heterocycles. The van der Waals surface area contributed by atoms with Crippen LogP contribution in [0.3, 0.4) is 0 Å². The summed E-state index contributed by atoms with van der Waals surface area (Å²) in [5, 5.41) is 19.6. The lowest BCUT2D eigenvalue weighted by Gasteiger charge is -2.24. The second-order valence-electron chi connectivity index (χ2n) is 1.78. The van der Waals surface area contributed by atoms with Crippen molar-refractivity contribution in [3.05, 3.63) is 31.4 Å². The van der Waals surface area contributed by atoms with Crippen molar-refractivity contribution in [3.8, 4) is 0 Å². The van der Waals surface area contributed by atoms with E-state index < -0.39 is 5.23 Å². The second kappa shape index (κ2) is 3.63. The highest BCUT2D eigenvalue weighted by Gasteiger charge is 2.00. The third kappa shape index (κ3) is 2.24. The normalized spacial score (nSPS) is 10.6. The first-order valence-electron chi connectivity index (χ1n) is 2.63. The fraction of sp³-hybridized carbons (Fsp3) is 0. The first-order valence-corrected chi connectivity index (χ1v) is 4.09. The van der Waals surface area contributed by atoms with E-state index in [0.29, 0.717) is 8.72 Å². The average Bonchev–Trinajstić information content (AvgIpc) is 1.94. The molecule has 11 heavy (non-hydrogen) atoms. The molecule has 0 aliphatic heterocycles. The van der Waals surface area contributed by atoms with Gasteiger partial charge in [0.25, 0.3) is 0 Å². The molecule has 0 spiro atoms. The van der Waals surface area contributed by atoms with Gasteiger partial charge in [-0.05, 0) is 22.6 Å². The largest absolute Gasteiger partial charge is 0.628 e. The van der Waals surface area contributed by atoms with Crippen molar-refractivity contribution in [1.29, 1.82) is 0 Å². The molecule has 1 aromatic rings. The number of pyridine rings is 1. The maximum Gasteiger partial charge on any atom is 0.150 e. The minimum Gasteiger partial charge on any atom is -0.628 e. The van der Waals surface area contributed by atoms with Crippen molar-refractivity contribution >= 4 is 39.9 Å². The van der Waals surface area contributed by atoms with E-state index in [9.17, 15) is 10.4 Å². The molecule has 60 valence electrons. The van der Waals surface area contributed by atoms with Gasteiger partial charge in [0.15, 0.2) is 5.69 Å². The van der Waals surface area contributed by atoms with Crippen LogP contribution in [0.15, 0.2) is 12.3 Å². The molecule has 0 bridgehead atoms. The Bertz CT molecular complexity index is 269. The Kier molecular flexibility index (Phi) is 3.02. The zero-order chi connectivity index (χ0) is 8.43. The van der Waals surface area contributed by atoms with E-state index in [0.717, 1.165) is 0 Å². The molecule has 0 saturated heterocycles. The van der Waals surface area contributed by atoms with E-state index in [2.05, 4.69) is 4.98 Å². The van der Waals surface area contributed by atoms with Crippen LogP contribution in [0.4, 0.5) is 5.69 Å². The van der Waals surface area contributed by atoms with Crippen LogP contribution >= 0.6 is 34.2 Å². The minimum absolute atomic E-state index is 0.0406. The van der Waals surface area contributed by atoms with Crippen LogP contribution in [-0.2, 0) is 0 Å². The Hall–Kier alpha value is 0.0500. The zero-order valence-electron chi connectivity index (χ0n) is 5.17. The van der Waals surface area contributed by atoms with Gasteiger partial charge in [-0.25, -0.2) is 4.98 Å². The molecule has 1 N–H and O–H groups in total. The van der Waals surface area contributed by atoms with Crippen LogP contribution in [0.25, 0.3) is 0 Å². The maximum atomic E-state index is 10.3. The molecule has 0 saturated carbocycles. The Morgan fingerprint density at radius 1 is 1.55 bits per heavy atom. The molecule has 1 rings (SSSR count). The van der Waals surface area contributed by atoms with Crippen LogP contribution < -0.4 is 5.23 Å². The lowest BCUT2D eigenvalue weighted by molar-refractivity contribution is -0.715. The van der Waals surface area contributed by atoms with Crippen LogP contribution in [-0.4, -0.2) is 4.98 Å². The fourth-order valence-electron chi connectivity index (χ4n) is 0.533. The van der Waals surface area contributed by atoms with Crippen molar-refractivity contribution in [2.45, 2.75) is 0 Å². The number of hydrogen-bond acceptors (Lipinski definition) is 3. The maximum absolute atomic E-state index is 10.3. The van der Waals surface area contributed by atoms with Crippen molar-refractivity contribution < 1.29 is 5.23 Å². The zero-order valence-corrected chi connectivity index (χ0v) is 8.09. The van der Waals surface area contributed by atoms with Gasteiger partial charge >= 0.3 is 0 Å². The summed E-state index contributed by atoms with van der Waals surface area (Å²) in [5.41, 5.74) is 0.0406. The number of rotatable bonds is 1. The summed E-state index contributed by atoms with van der Waals surface area (Å²) in [7, 11) is 0. The second-order valence-corrected chi connectivity index (χ2v) is 3.30. The number of quaternary nitrogens is 1. The van der Waals surface area contributed by atoms with Gasteiger partial charge in [-0.1, -0.05) is 11.6 Å². The quantitative estimate of drug-likeness (QED) is 0.473. The van der Waals surface area contributed by atoms with Crippen LogP contribution in [0.2, 0.25) is 5.15 Å². The van der Waals surface area contributed by atoms with E-state index in [1.807, 2.05) is 22.6 Å². The molecule has 4 nitrogen and oxygen atoms in total. The molecular weight excluding hydrogens is 282 g/mol. The van der Waals surface area contributed by atoms with Crippen molar-refractivity contribution in [3.63, 3.8) is 0 Å². The standard InChI is InChI=1S/C5H3ClIN2O2/c6-5-4(7)1-3(2-8-5)9(10)11/h1-2,9H/q-1. The summed E-state index contributed by atoms with van der Waals surface area (Å²) in [6.45, 7) is 0. The number of nitrogens with one attached hydrogen (secondary N) is 1. The summed E-state index contributed by atoms with van der Waals surface area (Å²) in [4.78, 5) is 3.64. The Morgan fingerprint density at radius 3 is 2.64 bits per heavy atom. The summed E-state index contributed by atoms with van der Waals surface area (Å²) >= 11 is 7.45. The van der Waals surface area contributed by atoms with Gasteiger partial charge in [-0.15, -0.1) is 0 Å². The van der Waals surface area contributed by atoms with Crippen molar-refractivity contribution in [2.75, 3.05) is 0 Å². The summed E-state index contributed by atoms with van der Waals surface area (Å²) < 4.78 is 0.603. The van der Waals surface area contributed by atoms with E-state index in [1.165, 1.54) is 12.3 Å². The Labute approximate surface area is 81.5 Å². The fourth-order valence-corrected chi connectivity index (χ4v) is 1.11. The highest BCUT2D eigenvalue weighted by molar-refractivity contribution is 14.1. The number of halogens is 2. The van der Waals surface area contributed by atoms with E-state index in [1.54, 1.807) is 0 Å². The highest BCUT2D eigenvalue weighted by Crippen LogP contribution is 2.16. The lowest BCUT2D eigenvalue weighted by atomic mass is 10.4. The van der Waals surface area contributed by atoms with Crippen molar-refractivity contribution in [1.82, 2.24) is 4.98 Å². The topological polar surface area (TPSA) is 63.5 Å². The van der Waals surface area contributed by atoms with Crippen molar-refractivity contribution in [2.24, 2.45) is 0 Å². The smallest absolute Gasteiger partial charge is 0.150 e. The number of nitrogens with zero attached hydrogens (tertiary/aromatic N) is 1. The molecule has 0 unspecified atom stereocenters. The SMILES string of the molecule is [O-][NH+]([O-])c1cnc(Cl)c(I)c1. The molecule has 0 fully saturated rings. The lowest BCUT2D eigenvalue weighted by Crippen LogP contribution is -2.96. The van der Waals surface area contributed by atoms with Gasteiger partial charge < -0.3 is 15.6 Å². The first-order chi connectivity index (χ1) is 5.11. The monoisotopic (exact) mass is 285 g/mol. The molecule has 0 radical (unpaired) electrons. The predicted molar refractivity (Wildman–Crippen MR) is 49.3 cm³/mol. The van der Waals surface area contributed by atoms with E-state index in [4.69, 9.17) is 11.6 Å². The third-order valence-electron chi connectivity index (χ3n) is 1.03. The third-order valence-corrected chi connectivity index (χ3v) is 2.47. The number of aromatic nitrogens is 1. The molecule has 0 aliphatic carbocycles. The average molecular weight is 285 g/mol. The Morgan fingerprint density at radius 2 is 2.18 bits per heavy atom. The molecule has 6 heteroatoms. The first kappa shape index (κ1) is 9.14. The van der Waals surface area contributed by atoms with Gasteiger partial charge in [0.2, 0.25) is 0 Å². The van der Waals surface area contributed by atoms with Gasteiger partial charge in [0, 0.05) is 6.07 Å². The van der Waals surface area contributed by atoms with Gasteiger partial charge in [-0.3, -0.25) is 0 Å². The number of hydrogen-bond donors (Lipinski definition) is 1. The molecule has 0 aliphatic rings. The molecule has 0 atom stereocenters. The summed E-state index contributed by atoms with van der Waals surface area (Å²) in [6.07, 6.45) is 1.17. The highest BCUT2D eigenvalue weighted by atomic mass is 127. The van der Waals surface area contributed by atoms with Gasteiger partial charge in [0.05, 0.1) is 9.77 Å². The van der Waals surface area contributed by atoms with Crippen LogP contribution in [0.1, 0.15) is 0 Å². The molecule has 0 aromatic carbocycles. The predicted octanol–water partition coefficient (Wildman–Crippen LogP) is 0.852. The van der Waals surface area contributed by atoms with Gasteiger partial charge in [0.1, 0.15) is 5.15 Å². The van der Waals surface area contributed by atoms with Crippen LogP contribution in [0, 0.1) is 14.0 Å².